The van der Waals surface area contributed by atoms with Gasteiger partial charge >= 0.3 is 0 Å². The smallest absolute Gasteiger partial charge is 0.277 e. The van der Waals surface area contributed by atoms with Gasteiger partial charge in [-0.15, -0.1) is 10.2 Å². The third-order valence-corrected chi connectivity index (χ3v) is 4.93. The van der Waals surface area contributed by atoms with E-state index in [4.69, 9.17) is 4.42 Å². The third-order valence-electron chi connectivity index (χ3n) is 4.00. The first-order chi connectivity index (χ1) is 13.3. The summed E-state index contributed by atoms with van der Waals surface area (Å²) in [5.74, 6) is -0.0276. The molecule has 0 saturated carbocycles. The number of nitrogens with zero attached hydrogens (tertiary/aromatic N) is 3. The van der Waals surface area contributed by atoms with Crippen molar-refractivity contribution in [1.29, 1.82) is 0 Å². The maximum atomic E-state index is 12.5. The molecule has 0 saturated heterocycles. The van der Waals surface area contributed by atoms with Gasteiger partial charge in [0.25, 0.3) is 10.9 Å². The molecule has 2 aromatic carbocycles. The Hall–Kier alpha value is -3.20. The third kappa shape index (κ3) is 4.55. The fourth-order valence-corrected chi connectivity index (χ4v) is 3.20. The number of aromatic nitrogens is 2. The highest BCUT2D eigenvalue weighted by molar-refractivity contribution is 8.00. The van der Waals surface area contributed by atoms with Gasteiger partial charge in [-0.1, -0.05) is 35.5 Å². The Bertz CT molecular complexity index is 1030. The zero-order valence-electron chi connectivity index (χ0n) is 15.5. The van der Waals surface area contributed by atoms with Crippen LogP contribution in [0.5, 0.6) is 0 Å². The first-order valence-electron chi connectivity index (χ1n) is 8.46. The molecule has 1 aromatic heterocycles. The van der Waals surface area contributed by atoms with Crippen LogP contribution in [-0.4, -0.2) is 26.3 Å². The molecule has 0 spiro atoms. The van der Waals surface area contributed by atoms with Crippen LogP contribution in [-0.2, 0) is 4.79 Å². The van der Waals surface area contributed by atoms with Gasteiger partial charge in [0.2, 0.25) is 11.8 Å². The number of nitro benzene ring substituents is 1. The molecule has 1 amide bonds. The summed E-state index contributed by atoms with van der Waals surface area (Å²) < 4.78 is 5.55. The number of amides is 1. The molecule has 0 bridgehead atoms. The van der Waals surface area contributed by atoms with Gasteiger partial charge in [0.1, 0.15) is 0 Å². The van der Waals surface area contributed by atoms with Crippen LogP contribution in [0.4, 0.5) is 11.4 Å². The Balaban J connectivity index is 1.68. The van der Waals surface area contributed by atoms with Crippen LogP contribution in [0.15, 0.2) is 52.1 Å². The Kier molecular flexibility index (Phi) is 5.74. The van der Waals surface area contributed by atoms with E-state index in [-0.39, 0.29) is 22.7 Å². The molecule has 1 atom stereocenters. The normalized spacial score (nSPS) is 11.8. The van der Waals surface area contributed by atoms with E-state index in [1.807, 2.05) is 32.0 Å². The molecule has 0 unspecified atom stereocenters. The van der Waals surface area contributed by atoms with Gasteiger partial charge in [-0.3, -0.25) is 14.9 Å². The fraction of sp³-hybridized carbons (Fsp3) is 0.211. The van der Waals surface area contributed by atoms with Crippen LogP contribution >= 0.6 is 11.8 Å². The lowest BCUT2D eigenvalue weighted by molar-refractivity contribution is -0.384. The lowest BCUT2D eigenvalue weighted by Gasteiger charge is -2.12. The number of thioether (sulfide) groups is 1. The molecule has 0 fully saturated rings. The summed E-state index contributed by atoms with van der Waals surface area (Å²) in [5.41, 5.74) is 3.24. The quantitative estimate of drug-likeness (QED) is 0.372. The molecule has 3 aromatic rings. The van der Waals surface area contributed by atoms with Crippen LogP contribution in [0, 0.1) is 24.0 Å². The van der Waals surface area contributed by atoms with Crippen molar-refractivity contribution >= 4 is 29.0 Å². The van der Waals surface area contributed by atoms with Crippen LogP contribution in [0.25, 0.3) is 11.5 Å². The summed E-state index contributed by atoms with van der Waals surface area (Å²) in [4.78, 5) is 22.9. The molecule has 0 aliphatic rings. The number of anilines is 1. The number of rotatable bonds is 6. The average Bonchev–Trinajstić information content (AvgIpc) is 3.12. The van der Waals surface area contributed by atoms with Gasteiger partial charge in [0.05, 0.1) is 10.2 Å². The van der Waals surface area contributed by atoms with E-state index in [2.05, 4.69) is 15.5 Å². The second-order valence-electron chi connectivity index (χ2n) is 6.25. The van der Waals surface area contributed by atoms with E-state index >= 15 is 0 Å². The van der Waals surface area contributed by atoms with Crippen molar-refractivity contribution in [2.45, 2.75) is 31.2 Å². The van der Waals surface area contributed by atoms with Crippen molar-refractivity contribution in [1.82, 2.24) is 10.2 Å². The molecule has 0 radical (unpaired) electrons. The Morgan fingerprint density at radius 1 is 1.21 bits per heavy atom. The molecule has 0 aliphatic carbocycles. The number of hydrogen-bond donors (Lipinski definition) is 1. The minimum absolute atomic E-state index is 0.0638. The summed E-state index contributed by atoms with van der Waals surface area (Å²) >= 11 is 1.12. The Labute approximate surface area is 165 Å². The van der Waals surface area contributed by atoms with Gasteiger partial charge in [-0.2, -0.15) is 0 Å². The maximum Gasteiger partial charge on any atom is 0.277 e. The second kappa shape index (κ2) is 8.22. The van der Waals surface area contributed by atoms with Crippen molar-refractivity contribution in [3.63, 3.8) is 0 Å². The number of non-ortho nitro benzene ring substituents is 1. The summed E-state index contributed by atoms with van der Waals surface area (Å²) in [6, 6.07) is 11.7. The summed E-state index contributed by atoms with van der Waals surface area (Å²) in [6.07, 6.45) is 0. The monoisotopic (exact) mass is 398 g/mol. The number of nitro groups is 1. The minimum Gasteiger partial charge on any atom is -0.411 e. The Morgan fingerprint density at radius 3 is 2.71 bits per heavy atom. The van der Waals surface area contributed by atoms with Crippen molar-refractivity contribution < 1.29 is 14.1 Å². The number of carbonyl (C=O) groups excluding carboxylic acids is 1. The van der Waals surface area contributed by atoms with Gasteiger partial charge < -0.3 is 9.73 Å². The van der Waals surface area contributed by atoms with Crippen molar-refractivity contribution in [3.05, 3.63) is 63.7 Å². The van der Waals surface area contributed by atoms with Gasteiger partial charge in [0.15, 0.2) is 0 Å². The number of nitrogens with one attached hydrogen (secondary N) is 1. The highest BCUT2D eigenvalue weighted by Crippen LogP contribution is 2.28. The number of aryl methyl sites for hydroxylation is 2. The van der Waals surface area contributed by atoms with Gasteiger partial charge in [-0.05, 0) is 38.5 Å². The van der Waals surface area contributed by atoms with Crippen molar-refractivity contribution in [3.8, 4) is 11.5 Å². The highest BCUT2D eigenvalue weighted by Gasteiger charge is 2.20. The Morgan fingerprint density at radius 2 is 2.00 bits per heavy atom. The predicted octanol–water partition coefficient (Wildman–Crippen LogP) is 4.38. The van der Waals surface area contributed by atoms with Crippen LogP contribution in [0.2, 0.25) is 0 Å². The topological polar surface area (TPSA) is 111 Å². The van der Waals surface area contributed by atoms with Crippen molar-refractivity contribution in [2.75, 3.05) is 5.32 Å². The van der Waals surface area contributed by atoms with Gasteiger partial charge in [0, 0.05) is 23.4 Å². The second-order valence-corrected chi connectivity index (χ2v) is 7.54. The molecular formula is C19H18N4O4S. The molecule has 8 nitrogen and oxygen atoms in total. The average molecular weight is 398 g/mol. The van der Waals surface area contributed by atoms with E-state index in [0.29, 0.717) is 5.56 Å². The lowest BCUT2D eigenvalue weighted by Crippen LogP contribution is -2.22. The number of hydrogen-bond acceptors (Lipinski definition) is 7. The first-order valence-corrected chi connectivity index (χ1v) is 9.34. The first kappa shape index (κ1) is 19.6. The lowest BCUT2D eigenvalue weighted by atomic mass is 10.1. The maximum absolute atomic E-state index is 12.5. The van der Waals surface area contributed by atoms with E-state index in [9.17, 15) is 14.9 Å². The van der Waals surface area contributed by atoms with Crippen LogP contribution in [0.3, 0.4) is 0 Å². The van der Waals surface area contributed by atoms with Crippen LogP contribution < -0.4 is 5.32 Å². The largest absolute Gasteiger partial charge is 0.411 e. The molecule has 28 heavy (non-hydrogen) atoms. The zero-order chi connectivity index (χ0) is 20.3. The predicted molar refractivity (Wildman–Crippen MR) is 106 cm³/mol. The minimum atomic E-state index is -0.491. The standard InChI is InChI=1S/C19H18N4O4S/c1-11-7-8-16(12(2)9-11)20-17(24)13(3)28-19-22-21-18(27-19)14-5-4-6-15(10-14)23(25)26/h4-10,13H,1-3H3,(H,20,24)/t13-/m0/s1. The zero-order valence-corrected chi connectivity index (χ0v) is 16.3. The van der Waals surface area contributed by atoms with E-state index in [1.54, 1.807) is 19.1 Å². The van der Waals surface area contributed by atoms with E-state index < -0.39 is 10.2 Å². The highest BCUT2D eigenvalue weighted by atomic mass is 32.2. The van der Waals surface area contributed by atoms with E-state index in [1.165, 1.54) is 12.1 Å². The summed E-state index contributed by atoms with van der Waals surface area (Å²) in [6.45, 7) is 5.66. The summed E-state index contributed by atoms with van der Waals surface area (Å²) in [7, 11) is 0. The van der Waals surface area contributed by atoms with Crippen molar-refractivity contribution in [2.24, 2.45) is 0 Å². The van der Waals surface area contributed by atoms with Crippen LogP contribution in [0.1, 0.15) is 18.1 Å². The fourth-order valence-electron chi connectivity index (χ4n) is 2.52. The number of benzene rings is 2. The molecule has 0 aliphatic heterocycles. The molecule has 144 valence electrons. The number of carbonyl (C=O) groups is 1. The molecule has 9 heteroatoms. The SMILES string of the molecule is Cc1ccc(NC(=O)[C@H](C)Sc2nnc(-c3cccc([N+](=O)[O-])c3)o2)c(C)c1. The molecule has 3 rings (SSSR count). The molecule has 1 heterocycles. The molecular weight excluding hydrogens is 380 g/mol. The van der Waals surface area contributed by atoms with Gasteiger partial charge in [-0.25, -0.2) is 0 Å². The van der Waals surface area contributed by atoms with E-state index in [0.717, 1.165) is 28.6 Å². The summed E-state index contributed by atoms with van der Waals surface area (Å²) in [5, 5.41) is 21.4. The molecule has 1 N–H and O–H groups in total.